The lowest BCUT2D eigenvalue weighted by Gasteiger charge is -2.23. The van der Waals surface area contributed by atoms with Crippen molar-refractivity contribution in [3.63, 3.8) is 0 Å². The van der Waals surface area contributed by atoms with Gasteiger partial charge in [0.05, 0.1) is 0 Å². The van der Waals surface area contributed by atoms with Gasteiger partial charge in [-0.15, -0.1) is 0 Å². The Bertz CT molecular complexity index is 1140. The maximum absolute atomic E-state index is 11.7. The van der Waals surface area contributed by atoms with Gasteiger partial charge in [-0.1, -0.05) is 35.4 Å². The molecular weight excluding hydrogens is 399 g/mol. The number of phenols is 1. The summed E-state index contributed by atoms with van der Waals surface area (Å²) in [5.74, 6) is 0.0584. The maximum Gasteiger partial charge on any atom is 0.524 e. The summed E-state index contributed by atoms with van der Waals surface area (Å²) in [5.41, 5.74) is 8.54. The molecule has 0 saturated carbocycles. The van der Waals surface area contributed by atoms with E-state index in [4.69, 9.17) is 4.52 Å². The number of aryl methyl sites for hydroxylation is 6. The Kier molecular flexibility index (Phi) is 5.83. The lowest BCUT2D eigenvalue weighted by Crippen LogP contribution is -2.00. The van der Waals surface area contributed by atoms with Crippen molar-refractivity contribution in [3.05, 3.63) is 69.8 Å². The number of aromatic hydroxyl groups is 1. The van der Waals surface area contributed by atoms with Gasteiger partial charge in [-0.05, 0) is 87.1 Å². The topological polar surface area (TPSA) is 87.0 Å². The van der Waals surface area contributed by atoms with E-state index in [2.05, 4.69) is 0 Å². The molecule has 5 nitrogen and oxygen atoms in total. The van der Waals surface area contributed by atoms with Crippen molar-refractivity contribution in [2.45, 2.75) is 41.5 Å². The van der Waals surface area contributed by atoms with Crippen LogP contribution in [0, 0.1) is 41.5 Å². The number of benzene rings is 3. The molecule has 3 aromatic carbocycles. The lowest BCUT2D eigenvalue weighted by molar-refractivity contribution is 0.283. The normalized spacial score (nSPS) is 11.6. The zero-order chi connectivity index (χ0) is 22.4. The second-order valence-electron chi connectivity index (χ2n) is 7.96. The van der Waals surface area contributed by atoms with Crippen molar-refractivity contribution in [1.82, 2.24) is 0 Å². The van der Waals surface area contributed by atoms with E-state index in [0.29, 0.717) is 11.1 Å². The van der Waals surface area contributed by atoms with Crippen LogP contribution in [-0.2, 0) is 4.57 Å². The fourth-order valence-electron chi connectivity index (χ4n) is 4.43. The Labute approximate surface area is 177 Å². The first-order valence-corrected chi connectivity index (χ1v) is 11.2. The monoisotopic (exact) mass is 426 g/mol. The Morgan fingerprint density at radius 3 is 1.47 bits per heavy atom. The molecular formula is C24H27O5P. The molecule has 0 amide bonds. The third-order valence-corrected chi connectivity index (χ3v) is 5.65. The summed E-state index contributed by atoms with van der Waals surface area (Å²) >= 11 is 0. The number of hydrogen-bond acceptors (Lipinski definition) is 3. The fourth-order valence-corrected chi connectivity index (χ4v) is 4.84. The van der Waals surface area contributed by atoms with Gasteiger partial charge in [-0.25, -0.2) is 4.57 Å². The van der Waals surface area contributed by atoms with Gasteiger partial charge in [0.2, 0.25) is 0 Å². The predicted molar refractivity (Wildman–Crippen MR) is 120 cm³/mol. The first kappa shape index (κ1) is 22.1. The van der Waals surface area contributed by atoms with Crippen molar-refractivity contribution < 1.29 is 24.0 Å². The smallest absolute Gasteiger partial charge is 0.507 e. The molecule has 0 aliphatic carbocycles. The van der Waals surface area contributed by atoms with Crippen molar-refractivity contribution in [1.29, 1.82) is 0 Å². The van der Waals surface area contributed by atoms with Crippen LogP contribution in [0.3, 0.4) is 0 Å². The third kappa shape index (κ3) is 4.29. The van der Waals surface area contributed by atoms with Crippen LogP contribution in [0.5, 0.6) is 11.5 Å². The number of phosphoric acid groups is 1. The molecule has 0 aliphatic rings. The van der Waals surface area contributed by atoms with E-state index < -0.39 is 7.82 Å². The highest BCUT2D eigenvalue weighted by atomic mass is 31.2. The van der Waals surface area contributed by atoms with Crippen molar-refractivity contribution in [2.24, 2.45) is 0 Å². The van der Waals surface area contributed by atoms with Crippen LogP contribution in [0.4, 0.5) is 0 Å². The molecule has 0 atom stereocenters. The van der Waals surface area contributed by atoms with Gasteiger partial charge in [0.15, 0.2) is 0 Å². The van der Waals surface area contributed by atoms with E-state index in [1.54, 1.807) is 0 Å². The zero-order valence-electron chi connectivity index (χ0n) is 18.1. The van der Waals surface area contributed by atoms with Crippen molar-refractivity contribution in [2.75, 3.05) is 0 Å². The lowest BCUT2D eigenvalue weighted by atomic mass is 9.84. The minimum Gasteiger partial charge on any atom is -0.507 e. The van der Waals surface area contributed by atoms with E-state index >= 15 is 0 Å². The molecule has 3 rings (SSSR count). The summed E-state index contributed by atoms with van der Waals surface area (Å²) < 4.78 is 16.8. The van der Waals surface area contributed by atoms with Crippen LogP contribution < -0.4 is 4.52 Å². The molecule has 3 N–H and O–H groups in total. The third-order valence-electron chi connectivity index (χ3n) is 5.22. The average molecular weight is 426 g/mol. The first-order valence-electron chi connectivity index (χ1n) is 9.66. The van der Waals surface area contributed by atoms with Gasteiger partial charge in [0, 0.05) is 11.1 Å². The van der Waals surface area contributed by atoms with Crippen molar-refractivity contribution >= 4 is 7.82 Å². The van der Waals surface area contributed by atoms with E-state index in [1.165, 1.54) is 12.1 Å². The summed E-state index contributed by atoms with van der Waals surface area (Å²) in [6.45, 7) is 11.8. The average Bonchev–Trinajstić information content (AvgIpc) is 2.56. The Morgan fingerprint density at radius 1 is 0.667 bits per heavy atom. The van der Waals surface area contributed by atoms with Gasteiger partial charge < -0.3 is 9.63 Å². The van der Waals surface area contributed by atoms with Gasteiger partial charge in [-0.2, -0.15) is 0 Å². The zero-order valence-corrected chi connectivity index (χ0v) is 19.0. The minimum atomic E-state index is -4.81. The standard InChI is InChI=1S/C24H27O5P/c1-13-9-15(3)21(16(4)10-13)23-19(25)7-8-20(29-30(26,27)28)24(23)22-17(5)11-14(2)12-18(22)6/h7-12,25H,1-6H3,(H2,26,27,28). The van der Waals surface area contributed by atoms with Crippen LogP contribution >= 0.6 is 7.82 Å². The van der Waals surface area contributed by atoms with Gasteiger partial charge in [0.1, 0.15) is 11.5 Å². The molecule has 0 heterocycles. The number of phosphoric ester groups is 1. The molecule has 6 heteroatoms. The molecule has 0 radical (unpaired) electrons. The highest BCUT2D eigenvalue weighted by Crippen LogP contribution is 2.51. The highest BCUT2D eigenvalue weighted by molar-refractivity contribution is 7.46. The summed E-state index contributed by atoms with van der Waals surface area (Å²) in [6, 6.07) is 10.9. The Balaban J connectivity index is 2.51. The van der Waals surface area contributed by atoms with Crippen LogP contribution in [0.1, 0.15) is 33.4 Å². The van der Waals surface area contributed by atoms with Crippen LogP contribution in [-0.4, -0.2) is 14.9 Å². The summed E-state index contributed by atoms with van der Waals surface area (Å²) in [6.07, 6.45) is 0. The molecule has 3 aromatic rings. The first-order chi connectivity index (χ1) is 13.9. The summed E-state index contributed by atoms with van der Waals surface area (Å²) in [7, 11) is -4.81. The van der Waals surface area contributed by atoms with Gasteiger partial charge in [0.25, 0.3) is 0 Å². The second-order valence-corrected chi connectivity index (χ2v) is 9.13. The highest BCUT2D eigenvalue weighted by Gasteiger charge is 2.27. The van der Waals surface area contributed by atoms with Crippen LogP contribution in [0.2, 0.25) is 0 Å². The van der Waals surface area contributed by atoms with Gasteiger partial charge >= 0.3 is 7.82 Å². The van der Waals surface area contributed by atoms with Crippen molar-refractivity contribution in [3.8, 4) is 33.8 Å². The molecule has 158 valence electrons. The molecule has 30 heavy (non-hydrogen) atoms. The summed E-state index contributed by atoms with van der Waals surface area (Å²) in [5, 5.41) is 10.9. The largest absolute Gasteiger partial charge is 0.524 e. The Morgan fingerprint density at radius 2 is 1.07 bits per heavy atom. The van der Waals surface area contributed by atoms with E-state index in [0.717, 1.165) is 44.5 Å². The SMILES string of the molecule is Cc1cc(C)c(-c2c(O)ccc(OP(=O)(O)O)c2-c2c(C)cc(C)cc2C)c(C)c1. The van der Waals surface area contributed by atoms with Gasteiger partial charge in [-0.3, -0.25) is 9.79 Å². The Hall–Kier alpha value is -2.59. The van der Waals surface area contributed by atoms with Crippen LogP contribution in [0.15, 0.2) is 36.4 Å². The van der Waals surface area contributed by atoms with E-state index in [-0.39, 0.29) is 11.5 Å². The minimum absolute atomic E-state index is 0.0255. The maximum atomic E-state index is 11.7. The molecule has 0 spiro atoms. The summed E-state index contributed by atoms with van der Waals surface area (Å²) in [4.78, 5) is 19.1. The predicted octanol–water partition coefficient (Wildman–Crippen LogP) is 6.05. The number of hydrogen-bond donors (Lipinski definition) is 3. The molecule has 0 saturated heterocycles. The molecule has 0 aromatic heterocycles. The fraction of sp³-hybridized carbons (Fsp3) is 0.250. The molecule has 0 unspecified atom stereocenters. The number of rotatable bonds is 4. The number of phenolic OH excluding ortho intramolecular Hbond substituents is 1. The van der Waals surface area contributed by atoms with E-state index in [9.17, 15) is 19.5 Å². The quantitative estimate of drug-likeness (QED) is 0.442. The molecule has 0 bridgehead atoms. The van der Waals surface area contributed by atoms with E-state index in [1.807, 2.05) is 65.8 Å². The van der Waals surface area contributed by atoms with Crippen LogP contribution in [0.25, 0.3) is 22.3 Å². The molecule has 0 fully saturated rings. The molecule has 0 aliphatic heterocycles. The second kappa shape index (κ2) is 7.92.